The number of ether oxygens (including phenoxy) is 4. The van der Waals surface area contributed by atoms with Gasteiger partial charge in [0.2, 0.25) is 0 Å². The summed E-state index contributed by atoms with van der Waals surface area (Å²) in [6.45, 7) is -0.642. The van der Waals surface area contributed by atoms with E-state index in [1.807, 2.05) is 0 Å². The first-order valence-corrected chi connectivity index (χ1v) is 10.4. The molecule has 0 aliphatic rings. The smallest absolute Gasteiger partial charge is 0.340 e. The van der Waals surface area contributed by atoms with Crippen molar-refractivity contribution < 1.29 is 37.7 Å². The molecule has 1 aromatic heterocycles. The fourth-order valence-electron chi connectivity index (χ4n) is 2.87. The predicted octanol–water partition coefficient (Wildman–Crippen LogP) is 4.21. The van der Waals surface area contributed by atoms with Crippen LogP contribution in [0.1, 0.15) is 30.4 Å². The number of ketones is 1. The van der Waals surface area contributed by atoms with Crippen molar-refractivity contribution in [2.75, 3.05) is 33.3 Å². The maximum atomic E-state index is 13.9. The van der Waals surface area contributed by atoms with Gasteiger partial charge in [0.15, 0.2) is 35.5 Å². The summed E-state index contributed by atoms with van der Waals surface area (Å²) in [6.07, 6.45) is 0. The molecule has 0 saturated heterocycles. The summed E-state index contributed by atoms with van der Waals surface area (Å²) in [6, 6.07) is 9.77. The topological polar surface area (TPSA) is 100 Å². The molecule has 3 aromatic rings. The number of amides is 1. The van der Waals surface area contributed by atoms with E-state index in [-0.39, 0.29) is 34.1 Å². The van der Waals surface area contributed by atoms with E-state index in [4.69, 9.17) is 18.9 Å². The lowest BCUT2D eigenvalue weighted by atomic mass is 10.1. The van der Waals surface area contributed by atoms with Gasteiger partial charge in [-0.2, -0.15) is 0 Å². The van der Waals surface area contributed by atoms with E-state index >= 15 is 0 Å². The number of carbonyl (C=O) groups excluding carboxylic acids is 3. The molecule has 1 heterocycles. The SMILES string of the molecule is COc1ccc(C(=O)COC(=O)c2cc(OC)c(OC)cc2NC(=O)c2cccs2)cc1F. The Kier molecular flexibility index (Phi) is 7.62. The van der Waals surface area contributed by atoms with E-state index in [9.17, 15) is 18.8 Å². The average Bonchev–Trinajstić information content (AvgIpc) is 3.37. The lowest BCUT2D eigenvalue weighted by molar-refractivity contribution is 0.0475. The highest BCUT2D eigenvalue weighted by Gasteiger charge is 2.22. The Morgan fingerprint density at radius 2 is 1.64 bits per heavy atom. The maximum absolute atomic E-state index is 13.9. The van der Waals surface area contributed by atoms with Gasteiger partial charge in [-0.3, -0.25) is 9.59 Å². The molecular formula is C23H20FNO7S. The first-order valence-electron chi connectivity index (χ1n) is 9.52. The van der Waals surface area contributed by atoms with Gasteiger partial charge >= 0.3 is 5.97 Å². The lowest BCUT2D eigenvalue weighted by Crippen LogP contribution is -2.18. The van der Waals surface area contributed by atoms with E-state index in [1.54, 1.807) is 17.5 Å². The van der Waals surface area contributed by atoms with Crippen LogP contribution in [-0.2, 0) is 4.74 Å². The van der Waals surface area contributed by atoms with Crippen LogP contribution in [0.3, 0.4) is 0 Å². The summed E-state index contributed by atoms with van der Waals surface area (Å²) in [5.41, 5.74) is 0.0740. The molecule has 3 rings (SSSR count). The second-order valence-corrected chi connectivity index (χ2v) is 7.48. The summed E-state index contributed by atoms with van der Waals surface area (Å²) >= 11 is 1.23. The molecule has 0 atom stereocenters. The molecular weight excluding hydrogens is 453 g/mol. The lowest BCUT2D eigenvalue weighted by Gasteiger charge is -2.15. The predicted molar refractivity (Wildman–Crippen MR) is 119 cm³/mol. The zero-order valence-corrected chi connectivity index (χ0v) is 18.8. The molecule has 10 heteroatoms. The quantitative estimate of drug-likeness (QED) is 0.367. The Labute approximate surface area is 192 Å². The Morgan fingerprint density at radius 3 is 2.24 bits per heavy atom. The summed E-state index contributed by atoms with van der Waals surface area (Å²) < 4.78 is 34.3. The van der Waals surface area contributed by atoms with Crippen LogP contribution in [0.2, 0.25) is 0 Å². The van der Waals surface area contributed by atoms with Crippen molar-refractivity contribution in [1.82, 2.24) is 0 Å². The number of Topliss-reactive ketones (excluding diaryl/α,β-unsaturated/α-hetero) is 1. The molecule has 0 aliphatic heterocycles. The van der Waals surface area contributed by atoms with Crippen molar-refractivity contribution >= 4 is 34.7 Å². The molecule has 0 fully saturated rings. The Morgan fingerprint density at radius 1 is 0.939 bits per heavy atom. The number of nitrogens with one attached hydrogen (secondary N) is 1. The normalized spacial score (nSPS) is 10.3. The molecule has 1 N–H and O–H groups in total. The number of carbonyl (C=O) groups is 3. The summed E-state index contributed by atoms with van der Waals surface area (Å²) in [5.74, 6) is -2.17. The van der Waals surface area contributed by atoms with Crippen LogP contribution in [0.4, 0.5) is 10.1 Å². The van der Waals surface area contributed by atoms with E-state index < -0.39 is 30.1 Å². The van der Waals surface area contributed by atoms with Crippen LogP contribution in [0, 0.1) is 5.82 Å². The molecule has 33 heavy (non-hydrogen) atoms. The highest BCUT2D eigenvalue weighted by atomic mass is 32.1. The minimum Gasteiger partial charge on any atom is -0.494 e. The highest BCUT2D eigenvalue weighted by Crippen LogP contribution is 2.34. The number of methoxy groups -OCH3 is 3. The summed E-state index contributed by atoms with van der Waals surface area (Å²) in [4.78, 5) is 38.1. The molecule has 0 aliphatic carbocycles. The van der Waals surface area contributed by atoms with E-state index in [1.165, 1.54) is 56.9 Å². The molecule has 0 radical (unpaired) electrons. The summed E-state index contributed by atoms with van der Waals surface area (Å²) in [5, 5.41) is 4.39. The van der Waals surface area contributed by atoms with Gasteiger partial charge in [0.05, 0.1) is 37.5 Å². The molecule has 8 nitrogen and oxygen atoms in total. The number of hydrogen-bond acceptors (Lipinski definition) is 8. The van der Waals surface area contributed by atoms with Crippen molar-refractivity contribution in [2.45, 2.75) is 0 Å². The van der Waals surface area contributed by atoms with Crippen LogP contribution < -0.4 is 19.5 Å². The largest absolute Gasteiger partial charge is 0.494 e. The molecule has 0 bridgehead atoms. The van der Waals surface area contributed by atoms with Crippen molar-refractivity contribution in [3.05, 3.63) is 69.7 Å². The number of rotatable bonds is 9. The molecule has 2 aromatic carbocycles. The van der Waals surface area contributed by atoms with Gasteiger partial charge in [-0.1, -0.05) is 6.07 Å². The van der Waals surface area contributed by atoms with Gasteiger partial charge in [-0.05, 0) is 29.6 Å². The van der Waals surface area contributed by atoms with Gasteiger partial charge in [0, 0.05) is 17.7 Å². The van der Waals surface area contributed by atoms with E-state index in [0.717, 1.165) is 6.07 Å². The Balaban J connectivity index is 1.82. The van der Waals surface area contributed by atoms with Crippen LogP contribution in [0.15, 0.2) is 47.8 Å². The average molecular weight is 473 g/mol. The van der Waals surface area contributed by atoms with Crippen molar-refractivity contribution in [2.24, 2.45) is 0 Å². The minimum atomic E-state index is -0.889. The second kappa shape index (κ2) is 10.6. The third-order valence-electron chi connectivity index (χ3n) is 4.54. The molecule has 172 valence electrons. The van der Waals surface area contributed by atoms with E-state index in [2.05, 4.69) is 5.32 Å². The fourth-order valence-corrected chi connectivity index (χ4v) is 3.49. The summed E-state index contributed by atoms with van der Waals surface area (Å²) in [7, 11) is 4.10. The third kappa shape index (κ3) is 5.47. The number of anilines is 1. The first-order chi connectivity index (χ1) is 15.9. The number of hydrogen-bond donors (Lipinski definition) is 1. The fraction of sp³-hybridized carbons (Fsp3) is 0.174. The van der Waals surface area contributed by atoms with Crippen molar-refractivity contribution in [3.63, 3.8) is 0 Å². The second-order valence-electron chi connectivity index (χ2n) is 6.53. The zero-order chi connectivity index (χ0) is 24.0. The van der Waals surface area contributed by atoms with Gasteiger partial charge in [-0.15, -0.1) is 11.3 Å². The van der Waals surface area contributed by atoms with Gasteiger partial charge in [0.25, 0.3) is 5.91 Å². The first kappa shape index (κ1) is 23.7. The third-order valence-corrected chi connectivity index (χ3v) is 5.41. The van der Waals surface area contributed by atoms with E-state index in [0.29, 0.717) is 4.88 Å². The number of esters is 1. The molecule has 1 amide bonds. The molecule has 0 unspecified atom stereocenters. The Hall–Kier alpha value is -3.92. The molecule has 0 spiro atoms. The van der Waals surface area contributed by atoms with Crippen LogP contribution in [0.25, 0.3) is 0 Å². The highest BCUT2D eigenvalue weighted by molar-refractivity contribution is 7.12. The molecule has 0 saturated carbocycles. The Bertz CT molecular complexity index is 1180. The van der Waals surface area contributed by atoms with Crippen LogP contribution >= 0.6 is 11.3 Å². The van der Waals surface area contributed by atoms with Crippen molar-refractivity contribution in [1.29, 1.82) is 0 Å². The minimum absolute atomic E-state index is 0.0135. The van der Waals surface area contributed by atoms with Crippen molar-refractivity contribution in [3.8, 4) is 17.2 Å². The number of halogens is 1. The van der Waals surface area contributed by atoms with Crippen LogP contribution in [-0.4, -0.2) is 45.6 Å². The maximum Gasteiger partial charge on any atom is 0.340 e. The zero-order valence-electron chi connectivity index (χ0n) is 18.0. The van der Waals surface area contributed by atoms with Gasteiger partial charge < -0.3 is 24.3 Å². The standard InChI is InChI=1S/C23H20FNO7S/c1-29-18-7-6-13(9-15(18)24)17(26)12-32-23(28)14-10-19(30-2)20(31-3)11-16(14)25-22(27)21-5-4-8-33-21/h4-11H,12H2,1-3H3,(H,25,27). The number of benzene rings is 2. The monoisotopic (exact) mass is 473 g/mol. The van der Waals surface area contributed by atoms with Gasteiger partial charge in [-0.25, -0.2) is 9.18 Å². The number of thiophene rings is 1. The van der Waals surface area contributed by atoms with Gasteiger partial charge in [0.1, 0.15) is 0 Å². The van der Waals surface area contributed by atoms with Crippen LogP contribution in [0.5, 0.6) is 17.2 Å².